The van der Waals surface area contributed by atoms with Crippen LogP contribution in [0, 0.1) is 0 Å². The molecule has 0 bridgehead atoms. The van der Waals surface area contributed by atoms with Gasteiger partial charge in [0.05, 0.1) is 24.7 Å². The van der Waals surface area contributed by atoms with Gasteiger partial charge in [-0.3, -0.25) is 19.3 Å². The molecule has 0 spiro atoms. The number of aliphatic hydroxyl groups excluding tert-OH is 1. The number of Topliss-reactive ketones (excluding diaryl/α,β-unsaturated/α-hetero) is 1. The number of carbonyl (C=O) groups is 3. The number of anilines is 1. The van der Waals surface area contributed by atoms with Gasteiger partial charge in [0.1, 0.15) is 17.6 Å². The molecule has 1 amide bonds. The molecule has 1 aromatic heterocycles. The van der Waals surface area contributed by atoms with E-state index in [1.165, 1.54) is 16.2 Å². The molecule has 1 saturated heterocycles. The van der Waals surface area contributed by atoms with E-state index >= 15 is 0 Å². The number of ketones is 1. The van der Waals surface area contributed by atoms with E-state index < -0.39 is 17.7 Å². The minimum absolute atomic E-state index is 0.0312. The number of ether oxygens (including phenoxy) is 2. The summed E-state index contributed by atoms with van der Waals surface area (Å²) in [6, 6.07) is 16.7. The second-order valence-electron chi connectivity index (χ2n) is 9.65. The Labute approximate surface area is 232 Å². The molecule has 1 aliphatic rings. The van der Waals surface area contributed by atoms with Crippen molar-refractivity contribution in [3.63, 3.8) is 0 Å². The van der Waals surface area contributed by atoms with Crippen molar-refractivity contribution in [3.8, 4) is 5.75 Å². The predicted molar refractivity (Wildman–Crippen MR) is 152 cm³/mol. The van der Waals surface area contributed by atoms with Crippen molar-refractivity contribution in [3.05, 3.63) is 87.6 Å². The summed E-state index contributed by atoms with van der Waals surface area (Å²) in [6.07, 6.45) is 3.06. The van der Waals surface area contributed by atoms with Crippen molar-refractivity contribution < 1.29 is 29.0 Å². The van der Waals surface area contributed by atoms with E-state index in [1.807, 2.05) is 17.5 Å². The van der Waals surface area contributed by atoms with Gasteiger partial charge in [0.25, 0.3) is 11.7 Å². The van der Waals surface area contributed by atoms with Gasteiger partial charge >= 0.3 is 5.97 Å². The number of nitrogens with zero attached hydrogens (tertiary/aromatic N) is 1. The summed E-state index contributed by atoms with van der Waals surface area (Å²) < 4.78 is 11.0. The van der Waals surface area contributed by atoms with E-state index in [0.717, 1.165) is 29.7 Å². The lowest BCUT2D eigenvalue weighted by molar-refractivity contribution is -0.146. The van der Waals surface area contributed by atoms with E-state index in [0.29, 0.717) is 23.6 Å². The van der Waals surface area contributed by atoms with Gasteiger partial charge in [-0.05, 0) is 73.7 Å². The van der Waals surface area contributed by atoms with Gasteiger partial charge < -0.3 is 14.6 Å². The molecule has 0 saturated carbocycles. The van der Waals surface area contributed by atoms with E-state index in [4.69, 9.17) is 9.47 Å². The Morgan fingerprint density at radius 1 is 1.03 bits per heavy atom. The number of unbranched alkanes of at least 4 members (excludes halogenated alkanes) is 2. The van der Waals surface area contributed by atoms with E-state index in [9.17, 15) is 19.5 Å². The minimum atomic E-state index is -0.785. The van der Waals surface area contributed by atoms with Crippen molar-refractivity contribution in [1.29, 1.82) is 0 Å². The summed E-state index contributed by atoms with van der Waals surface area (Å²) in [5.41, 5.74) is 1.68. The molecule has 1 N–H and O–H groups in total. The molecule has 7 nitrogen and oxygen atoms in total. The molecular weight excluding hydrogens is 514 g/mol. The summed E-state index contributed by atoms with van der Waals surface area (Å²) in [5, 5.41) is 13.2. The first kappa shape index (κ1) is 28.1. The van der Waals surface area contributed by atoms with Crippen molar-refractivity contribution >= 4 is 40.4 Å². The molecule has 204 valence electrons. The van der Waals surface area contributed by atoms with Gasteiger partial charge in [0.15, 0.2) is 0 Å². The van der Waals surface area contributed by atoms with Crippen LogP contribution in [0.3, 0.4) is 0 Å². The fourth-order valence-electron chi connectivity index (χ4n) is 4.47. The van der Waals surface area contributed by atoms with Crippen molar-refractivity contribution in [2.24, 2.45) is 0 Å². The normalized spacial score (nSPS) is 16.6. The van der Waals surface area contributed by atoms with Crippen LogP contribution in [0.4, 0.5) is 5.69 Å². The molecular formula is C31H33NO6S. The Morgan fingerprint density at radius 3 is 2.36 bits per heavy atom. The number of aliphatic hydroxyl groups is 1. The van der Waals surface area contributed by atoms with Crippen LogP contribution in [0.15, 0.2) is 71.6 Å². The highest BCUT2D eigenvalue weighted by Crippen LogP contribution is 2.43. The zero-order valence-electron chi connectivity index (χ0n) is 22.4. The number of amides is 1. The number of hydrogen-bond acceptors (Lipinski definition) is 7. The van der Waals surface area contributed by atoms with Crippen molar-refractivity contribution in [2.75, 3.05) is 11.5 Å². The van der Waals surface area contributed by atoms with Gasteiger partial charge in [0, 0.05) is 16.1 Å². The van der Waals surface area contributed by atoms with Gasteiger partial charge in [-0.1, -0.05) is 38.0 Å². The number of rotatable bonds is 11. The lowest BCUT2D eigenvalue weighted by atomic mass is 9.99. The second-order valence-corrected chi connectivity index (χ2v) is 10.6. The molecule has 8 heteroatoms. The highest BCUT2D eigenvalue weighted by atomic mass is 32.1. The smallest absolute Gasteiger partial charge is 0.310 e. The zero-order valence-corrected chi connectivity index (χ0v) is 23.2. The third-order valence-corrected chi connectivity index (χ3v) is 7.26. The van der Waals surface area contributed by atoms with Crippen LogP contribution in [0.1, 0.15) is 62.1 Å². The maximum atomic E-state index is 13.3. The zero-order chi connectivity index (χ0) is 27.9. The Kier molecular flexibility index (Phi) is 9.19. The third-order valence-electron chi connectivity index (χ3n) is 6.33. The van der Waals surface area contributed by atoms with Gasteiger partial charge in [-0.15, -0.1) is 11.3 Å². The summed E-state index contributed by atoms with van der Waals surface area (Å²) in [6.45, 7) is 6.32. The highest BCUT2D eigenvalue weighted by molar-refractivity contribution is 7.10. The number of thiophene rings is 1. The third kappa shape index (κ3) is 6.57. The SMILES string of the molecule is CCCCCOc1ccc(/C(O)=C2/C(=O)C(=O)N(c3ccc(CC(=O)OC(C)C)cc3)C2c2cccs2)cc1. The number of carbonyl (C=O) groups excluding carboxylic acids is 3. The number of esters is 1. The van der Waals surface area contributed by atoms with E-state index in [-0.39, 0.29) is 29.8 Å². The Balaban J connectivity index is 1.63. The van der Waals surface area contributed by atoms with Crippen molar-refractivity contribution in [1.82, 2.24) is 0 Å². The standard InChI is InChI=1S/C31H33NO6S/c1-4-5-6-17-37-24-15-11-22(12-16-24)29(34)27-28(25-8-7-18-39-25)32(31(36)30(27)35)23-13-9-21(10-14-23)19-26(33)38-20(2)3/h7-16,18,20,28,34H,4-6,17,19H2,1-3H3/b29-27-. The monoisotopic (exact) mass is 547 g/mol. The average Bonchev–Trinajstić information content (AvgIpc) is 3.53. The Hall–Kier alpha value is -3.91. The van der Waals surface area contributed by atoms with E-state index in [2.05, 4.69) is 6.92 Å². The molecule has 1 atom stereocenters. The minimum Gasteiger partial charge on any atom is -0.507 e. The van der Waals surface area contributed by atoms with Crippen LogP contribution in [0.5, 0.6) is 5.75 Å². The first-order chi connectivity index (χ1) is 18.8. The predicted octanol–water partition coefficient (Wildman–Crippen LogP) is 6.44. The number of benzene rings is 2. The van der Waals surface area contributed by atoms with Gasteiger partial charge in [0.2, 0.25) is 0 Å². The van der Waals surface area contributed by atoms with Crippen LogP contribution in [0.25, 0.3) is 5.76 Å². The molecule has 3 aromatic rings. The summed E-state index contributed by atoms with van der Waals surface area (Å²) >= 11 is 1.40. The molecule has 2 aromatic carbocycles. The van der Waals surface area contributed by atoms with Gasteiger partial charge in [-0.25, -0.2) is 0 Å². The average molecular weight is 548 g/mol. The van der Waals surface area contributed by atoms with Crippen LogP contribution >= 0.6 is 11.3 Å². The largest absolute Gasteiger partial charge is 0.507 e. The molecule has 2 heterocycles. The van der Waals surface area contributed by atoms with Crippen LogP contribution in [-0.2, 0) is 25.5 Å². The summed E-state index contributed by atoms with van der Waals surface area (Å²) in [5.74, 6) is -1.38. The maximum absolute atomic E-state index is 13.3. The quantitative estimate of drug-likeness (QED) is 0.0977. The van der Waals surface area contributed by atoms with Crippen molar-refractivity contribution in [2.45, 2.75) is 58.6 Å². The Morgan fingerprint density at radius 2 is 1.74 bits per heavy atom. The van der Waals surface area contributed by atoms with E-state index in [1.54, 1.807) is 62.4 Å². The van der Waals surface area contributed by atoms with Crippen LogP contribution in [0.2, 0.25) is 0 Å². The molecule has 4 rings (SSSR count). The molecule has 0 radical (unpaired) electrons. The highest BCUT2D eigenvalue weighted by Gasteiger charge is 2.47. The molecule has 1 unspecified atom stereocenters. The first-order valence-electron chi connectivity index (χ1n) is 13.2. The van der Waals surface area contributed by atoms with Gasteiger partial charge in [-0.2, -0.15) is 0 Å². The maximum Gasteiger partial charge on any atom is 0.310 e. The topological polar surface area (TPSA) is 93.1 Å². The molecule has 1 aliphatic heterocycles. The molecule has 1 fully saturated rings. The fourth-order valence-corrected chi connectivity index (χ4v) is 5.29. The lowest BCUT2D eigenvalue weighted by Gasteiger charge is -2.24. The Bertz CT molecular complexity index is 1330. The molecule has 39 heavy (non-hydrogen) atoms. The second kappa shape index (κ2) is 12.8. The lowest BCUT2D eigenvalue weighted by Crippen LogP contribution is -2.29. The first-order valence-corrected chi connectivity index (χ1v) is 14.0. The van der Waals surface area contributed by atoms with Crippen LogP contribution in [-0.4, -0.2) is 35.5 Å². The number of hydrogen-bond donors (Lipinski definition) is 1. The molecule has 0 aliphatic carbocycles. The fraction of sp³-hybridized carbons (Fsp3) is 0.323. The summed E-state index contributed by atoms with van der Waals surface area (Å²) in [4.78, 5) is 40.8. The van der Waals surface area contributed by atoms with Crippen LogP contribution < -0.4 is 9.64 Å². The summed E-state index contributed by atoms with van der Waals surface area (Å²) in [7, 11) is 0.